The number of rotatable bonds is 3. The van der Waals surface area contributed by atoms with Crippen molar-refractivity contribution in [2.24, 2.45) is 0 Å². The lowest BCUT2D eigenvalue weighted by Crippen LogP contribution is -2.05. The molecule has 0 saturated heterocycles. The number of hydrogen-bond donors (Lipinski definition) is 1. The maximum absolute atomic E-state index is 12.4. The first-order valence-corrected chi connectivity index (χ1v) is 6.52. The molecule has 0 radical (unpaired) electrons. The molecule has 0 unspecified atom stereocenters. The fourth-order valence-electron chi connectivity index (χ4n) is 1.70. The minimum atomic E-state index is -4.29. The van der Waals surface area contributed by atoms with Gasteiger partial charge in [-0.2, -0.15) is 13.2 Å². The second kappa shape index (κ2) is 5.21. The predicted octanol–water partition coefficient (Wildman–Crippen LogP) is 4.39. The van der Waals surface area contributed by atoms with Gasteiger partial charge in [-0.3, -0.25) is 0 Å². The molecule has 2 aromatic rings. The summed E-state index contributed by atoms with van der Waals surface area (Å²) >= 11 is 1.59. The minimum Gasteiger partial charge on any atom is -0.380 e. The summed E-state index contributed by atoms with van der Waals surface area (Å²) in [6.07, 6.45) is -4.29. The Balaban J connectivity index is 2.02. The van der Waals surface area contributed by atoms with Crippen molar-refractivity contribution in [3.8, 4) is 0 Å². The van der Waals surface area contributed by atoms with Crippen LogP contribution in [0.4, 0.5) is 18.9 Å². The zero-order valence-electron chi connectivity index (χ0n) is 10.5. The number of halogens is 3. The largest absolute Gasteiger partial charge is 0.416 e. The molecule has 0 fully saturated rings. The maximum atomic E-state index is 12.4. The molecule has 0 aliphatic heterocycles. The lowest BCUT2D eigenvalue weighted by Gasteiger charge is -2.09. The second-order valence-corrected chi connectivity index (χ2v) is 5.46. The Labute approximate surface area is 113 Å². The van der Waals surface area contributed by atoms with E-state index in [4.69, 9.17) is 0 Å². The summed E-state index contributed by atoms with van der Waals surface area (Å²) in [4.78, 5) is 5.39. The Hall–Kier alpha value is -1.56. The van der Waals surface area contributed by atoms with Gasteiger partial charge >= 0.3 is 6.18 Å². The number of nitrogens with one attached hydrogen (secondary N) is 1. The Morgan fingerprint density at radius 2 is 1.79 bits per heavy atom. The quantitative estimate of drug-likeness (QED) is 0.905. The summed E-state index contributed by atoms with van der Waals surface area (Å²) in [6, 6.07) is 5.03. The lowest BCUT2D eigenvalue weighted by molar-refractivity contribution is -0.137. The molecule has 2 nitrogen and oxygen atoms in total. The van der Waals surface area contributed by atoms with E-state index < -0.39 is 11.7 Å². The van der Waals surface area contributed by atoms with Crippen molar-refractivity contribution in [3.05, 3.63) is 45.4 Å². The van der Waals surface area contributed by atoms with Gasteiger partial charge in [-0.15, -0.1) is 11.3 Å². The summed E-state index contributed by atoms with van der Waals surface area (Å²) in [5.41, 5.74) is 0.989. The first kappa shape index (κ1) is 13.9. The van der Waals surface area contributed by atoms with E-state index in [0.717, 1.165) is 27.7 Å². The first-order valence-electron chi connectivity index (χ1n) is 5.70. The highest BCUT2D eigenvalue weighted by atomic mass is 32.1. The van der Waals surface area contributed by atoms with Gasteiger partial charge in [0.05, 0.1) is 22.8 Å². The normalized spacial score (nSPS) is 11.6. The maximum Gasteiger partial charge on any atom is 0.416 e. The molecule has 1 N–H and O–H groups in total. The Morgan fingerprint density at radius 1 is 1.16 bits per heavy atom. The molecule has 1 aromatic carbocycles. The highest BCUT2D eigenvalue weighted by Crippen LogP contribution is 2.30. The van der Waals surface area contributed by atoms with E-state index in [2.05, 4.69) is 10.3 Å². The fraction of sp³-hybridized carbons (Fsp3) is 0.308. The highest BCUT2D eigenvalue weighted by Gasteiger charge is 2.29. The first-order chi connectivity index (χ1) is 8.86. The van der Waals surface area contributed by atoms with Gasteiger partial charge in [0.15, 0.2) is 0 Å². The Bertz CT molecular complexity index is 558. The molecule has 0 bridgehead atoms. The third-order valence-corrected chi connectivity index (χ3v) is 3.74. The van der Waals surface area contributed by atoms with E-state index in [0.29, 0.717) is 12.2 Å². The zero-order chi connectivity index (χ0) is 14.0. The number of hydrogen-bond acceptors (Lipinski definition) is 3. The number of nitrogens with zero attached hydrogens (tertiary/aromatic N) is 1. The van der Waals surface area contributed by atoms with Crippen molar-refractivity contribution in [1.29, 1.82) is 0 Å². The summed E-state index contributed by atoms with van der Waals surface area (Å²) in [5, 5.41) is 4.08. The van der Waals surface area contributed by atoms with Gasteiger partial charge in [-0.05, 0) is 38.1 Å². The van der Waals surface area contributed by atoms with Crippen molar-refractivity contribution in [2.75, 3.05) is 5.32 Å². The fourth-order valence-corrected chi connectivity index (χ4v) is 2.57. The van der Waals surface area contributed by atoms with Gasteiger partial charge in [0, 0.05) is 10.6 Å². The standard InChI is InChI=1S/C13H13F3N2S/c1-8-12(19-9(2)18-8)7-17-11-5-3-10(4-6-11)13(14,15)16/h3-6,17H,7H2,1-2H3. The van der Waals surface area contributed by atoms with Gasteiger partial charge < -0.3 is 5.32 Å². The topological polar surface area (TPSA) is 24.9 Å². The summed E-state index contributed by atoms with van der Waals surface area (Å²) < 4.78 is 37.2. The van der Waals surface area contributed by atoms with Crippen LogP contribution in [0.1, 0.15) is 21.1 Å². The van der Waals surface area contributed by atoms with Crippen molar-refractivity contribution < 1.29 is 13.2 Å². The zero-order valence-corrected chi connectivity index (χ0v) is 11.3. The van der Waals surface area contributed by atoms with Crippen LogP contribution < -0.4 is 5.32 Å². The van der Waals surface area contributed by atoms with Gasteiger partial charge in [-0.1, -0.05) is 0 Å². The Kier molecular flexibility index (Phi) is 3.80. The van der Waals surface area contributed by atoms with Crippen molar-refractivity contribution in [2.45, 2.75) is 26.6 Å². The molecule has 0 spiro atoms. The third kappa shape index (κ3) is 3.47. The molecule has 0 atom stereocenters. The van der Waals surface area contributed by atoms with Gasteiger partial charge in [-0.25, -0.2) is 4.98 Å². The molecule has 0 saturated carbocycles. The second-order valence-electron chi connectivity index (χ2n) is 4.17. The number of benzene rings is 1. The van der Waals surface area contributed by atoms with Gasteiger partial charge in [0.1, 0.15) is 0 Å². The van der Waals surface area contributed by atoms with Crippen LogP contribution in [0.15, 0.2) is 24.3 Å². The van der Waals surface area contributed by atoms with Crippen molar-refractivity contribution >= 4 is 17.0 Å². The summed E-state index contributed by atoms with van der Waals surface area (Å²) in [7, 11) is 0. The number of alkyl halides is 3. The van der Waals surface area contributed by atoms with Crippen LogP contribution in [0.5, 0.6) is 0 Å². The van der Waals surface area contributed by atoms with Crippen molar-refractivity contribution in [3.63, 3.8) is 0 Å². The number of aromatic nitrogens is 1. The van der Waals surface area contributed by atoms with E-state index in [9.17, 15) is 13.2 Å². The average molecular weight is 286 g/mol. The molecule has 0 amide bonds. The van der Waals surface area contributed by atoms with E-state index in [1.807, 2.05) is 13.8 Å². The minimum absolute atomic E-state index is 0.572. The molecule has 0 aliphatic rings. The van der Waals surface area contributed by atoms with Crippen LogP contribution in [0, 0.1) is 13.8 Å². The molecule has 102 valence electrons. The predicted molar refractivity (Wildman–Crippen MR) is 70.4 cm³/mol. The van der Waals surface area contributed by atoms with Crippen LogP contribution in [0.25, 0.3) is 0 Å². The molecule has 19 heavy (non-hydrogen) atoms. The smallest absolute Gasteiger partial charge is 0.380 e. The van der Waals surface area contributed by atoms with E-state index in [-0.39, 0.29) is 0 Å². The van der Waals surface area contributed by atoms with Gasteiger partial charge in [0.25, 0.3) is 0 Å². The molecule has 2 rings (SSSR count). The van der Waals surface area contributed by atoms with E-state index in [1.54, 1.807) is 11.3 Å². The van der Waals surface area contributed by atoms with Crippen LogP contribution in [-0.4, -0.2) is 4.98 Å². The molecule has 6 heteroatoms. The summed E-state index contributed by atoms with van der Waals surface area (Å²) in [5.74, 6) is 0. The third-order valence-electron chi connectivity index (χ3n) is 2.66. The molecule has 1 aromatic heterocycles. The lowest BCUT2D eigenvalue weighted by atomic mass is 10.2. The molecule has 0 aliphatic carbocycles. The van der Waals surface area contributed by atoms with E-state index >= 15 is 0 Å². The number of anilines is 1. The summed E-state index contributed by atoms with van der Waals surface area (Å²) in [6.45, 7) is 4.43. The molecule has 1 heterocycles. The number of thiazole rings is 1. The monoisotopic (exact) mass is 286 g/mol. The van der Waals surface area contributed by atoms with Crippen LogP contribution >= 0.6 is 11.3 Å². The molecular formula is C13H13F3N2S. The molecular weight excluding hydrogens is 273 g/mol. The Morgan fingerprint density at radius 3 is 2.26 bits per heavy atom. The van der Waals surface area contributed by atoms with E-state index in [1.165, 1.54) is 12.1 Å². The number of aryl methyl sites for hydroxylation is 2. The average Bonchev–Trinajstić information content (AvgIpc) is 2.65. The van der Waals surface area contributed by atoms with Crippen molar-refractivity contribution in [1.82, 2.24) is 4.98 Å². The van der Waals surface area contributed by atoms with Crippen LogP contribution in [-0.2, 0) is 12.7 Å². The van der Waals surface area contributed by atoms with Crippen LogP contribution in [0.3, 0.4) is 0 Å². The van der Waals surface area contributed by atoms with Gasteiger partial charge in [0.2, 0.25) is 0 Å². The van der Waals surface area contributed by atoms with Crippen LogP contribution in [0.2, 0.25) is 0 Å². The SMILES string of the molecule is Cc1nc(C)c(CNc2ccc(C(F)(F)F)cc2)s1. The highest BCUT2D eigenvalue weighted by molar-refractivity contribution is 7.11.